The van der Waals surface area contributed by atoms with Crippen LogP contribution in [0.5, 0.6) is 0 Å². The molecule has 5 nitrogen and oxygen atoms in total. The van der Waals surface area contributed by atoms with E-state index in [1.165, 1.54) is 12.4 Å². The Hall–Kier alpha value is -1.25. The first-order chi connectivity index (χ1) is 8.90. The fourth-order valence-electron chi connectivity index (χ4n) is 1.26. The Kier molecular flexibility index (Phi) is 4.02. The molecule has 1 heterocycles. The zero-order valence-electron chi connectivity index (χ0n) is 9.14. The van der Waals surface area contributed by atoms with E-state index in [0.717, 1.165) is 18.2 Å². The predicted molar refractivity (Wildman–Crippen MR) is 72.0 cm³/mol. The second kappa shape index (κ2) is 5.40. The highest BCUT2D eigenvalue weighted by Gasteiger charge is 2.20. The minimum Gasteiger partial charge on any atom is -0.261 e. The van der Waals surface area contributed by atoms with Crippen molar-refractivity contribution in [1.82, 2.24) is 9.97 Å². The molecule has 0 aliphatic carbocycles. The molecular formula is C10H6BrClFN3O2S. The first-order valence-electron chi connectivity index (χ1n) is 4.84. The fraction of sp³-hybridized carbons (Fsp3) is 0. The standard InChI is InChI=1S/C10H6BrClFN3O2S/c11-7-5-6(13)1-2-8(7)19(17,18)16-10-9(12)14-3-4-15-10/h1-5H,(H,15,16). The fourth-order valence-corrected chi connectivity index (χ4v) is 3.54. The molecule has 9 heteroatoms. The molecule has 100 valence electrons. The minimum atomic E-state index is -3.93. The number of hydrogen-bond donors (Lipinski definition) is 1. The topological polar surface area (TPSA) is 72.0 Å². The minimum absolute atomic E-state index is 0.0793. The number of sulfonamides is 1. The summed E-state index contributed by atoms with van der Waals surface area (Å²) in [5.74, 6) is -0.649. The van der Waals surface area contributed by atoms with Crippen molar-refractivity contribution in [3.63, 3.8) is 0 Å². The number of anilines is 1. The van der Waals surface area contributed by atoms with Gasteiger partial charge < -0.3 is 0 Å². The maximum absolute atomic E-state index is 12.9. The number of hydrogen-bond acceptors (Lipinski definition) is 4. The van der Waals surface area contributed by atoms with E-state index in [2.05, 4.69) is 30.6 Å². The molecule has 0 aliphatic rings. The lowest BCUT2D eigenvalue weighted by atomic mass is 10.3. The highest BCUT2D eigenvalue weighted by Crippen LogP contribution is 2.25. The van der Waals surface area contributed by atoms with Gasteiger partial charge >= 0.3 is 0 Å². The van der Waals surface area contributed by atoms with Gasteiger partial charge in [-0.05, 0) is 34.1 Å². The van der Waals surface area contributed by atoms with Crippen LogP contribution in [0.2, 0.25) is 5.15 Å². The lowest BCUT2D eigenvalue weighted by molar-refractivity contribution is 0.598. The van der Waals surface area contributed by atoms with E-state index in [4.69, 9.17) is 11.6 Å². The van der Waals surface area contributed by atoms with Crippen molar-refractivity contribution >= 4 is 43.4 Å². The maximum atomic E-state index is 12.9. The van der Waals surface area contributed by atoms with Crippen molar-refractivity contribution in [2.75, 3.05) is 4.72 Å². The highest BCUT2D eigenvalue weighted by atomic mass is 79.9. The molecule has 0 spiro atoms. The maximum Gasteiger partial charge on any atom is 0.264 e. The number of nitrogens with one attached hydrogen (secondary N) is 1. The van der Waals surface area contributed by atoms with Crippen LogP contribution in [0.25, 0.3) is 0 Å². The summed E-state index contributed by atoms with van der Waals surface area (Å²) in [7, 11) is -3.93. The number of nitrogens with zero attached hydrogens (tertiary/aromatic N) is 2. The van der Waals surface area contributed by atoms with Gasteiger partial charge in [0.05, 0.1) is 0 Å². The summed E-state index contributed by atoms with van der Waals surface area (Å²) >= 11 is 8.70. The van der Waals surface area contributed by atoms with Gasteiger partial charge in [0.2, 0.25) is 0 Å². The zero-order valence-corrected chi connectivity index (χ0v) is 12.3. The van der Waals surface area contributed by atoms with Crippen LogP contribution < -0.4 is 4.72 Å². The number of aromatic nitrogens is 2. The van der Waals surface area contributed by atoms with Crippen LogP contribution in [0.15, 0.2) is 40.0 Å². The third-order valence-electron chi connectivity index (χ3n) is 2.07. The van der Waals surface area contributed by atoms with Crippen molar-refractivity contribution in [2.24, 2.45) is 0 Å². The van der Waals surface area contributed by atoms with Crippen LogP contribution in [0.3, 0.4) is 0 Å². The third-order valence-corrected chi connectivity index (χ3v) is 4.66. The Morgan fingerprint density at radius 2 is 1.95 bits per heavy atom. The Morgan fingerprint density at radius 1 is 1.26 bits per heavy atom. The molecule has 0 fully saturated rings. The van der Waals surface area contributed by atoms with Crippen molar-refractivity contribution in [3.05, 3.63) is 46.0 Å². The number of benzene rings is 1. The molecule has 1 N–H and O–H groups in total. The molecule has 0 aliphatic heterocycles. The summed E-state index contributed by atoms with van der Waals surface area (Å²) < 4.78 is 39.4. The summed E-state index contributed by atoms with van der Waals surface area (Å²) in [6, 6.07) is 3.22. The zero-order chi connectivity index (χ0) is 14.0. The van der Waals surface area contributed by atoms with E-state index in [1.54, 1.807) is 0 Å². The average molecular weight is 367 g/mol. The molecule has 0 bridgehead atoms. The van der Waals surface area contributed by atoms with Gasteiger partial charge in [0.1, 0.15) is 10.7 Å². The van der Waals surface area contributed by atoms with Gasteiger partial charge in [-0.2, -0.15) is 0 Å². The molecule has 2 rings (SSSR count). The molecule has 0 unspecified atom stereocenters. The van der Waals surface area contributed by atoms with Crippen LogP contribution >= 0.6 is 27.5 Å². The summed E-state index contributed by atoms with van der Waals surface area (Å²) in [6.45, 7) is 0. The third kappa shape index (κ3) is 3.20. The van der Waals surface area contributed by atoms with Gasteiger partial charge in [0.15, 0.2) is 11.0 Å². The highest BCUT2D eigenvalue weighted by molar-refractivity contribution is 9.10. The Morgan fingerprint density at radius 3 is 2.58 bits per heavy atom. The second-order valence-corrected chi connectivity index (χ2v) is 6.24. The van der Waals surface area contributed by atoms with E-state index in [9.17, 15) is 12.8 Å². The van der Waals surface area contributed by atoms with Crippen molar-refractivity contribution < 1.29 is 12.8 Å². The van der Waals surface area contributed by atoms with Gasteiger partial charge in [-0.15, -0.1) is 0 Å². The first-order valence-corrected chi connectivity index (χ1v) is 7.50. The van der Waals surface area contributed by atoms with Gasteiger partial charge in [-0.3, -0.25) is 4.72 Å². The summed E-state index contributed by atoms with van der Waals surface area (Å²) in [5.41, 5.74) is 0. The van der Waals surface area contributed by atoms with E-state index in [0.29, 0.717) is 0 Å². The lowest BCUT2D eigenvalue weighted by Crippen LogP contribution is -2.15. The Labute approximate surface area is 122 Å². The normalized spacial score (nSPS) is 11.3. The molecule has 0 radical (unpaired) electrons. The van der Waals surface area contributed by atoms with Gasteiger partial charge in [-0.1, -0.05) is 11.6 Å². The van der Waals surface area contributed by atoms with Gasteiger partial charge in [0.25, 0.3) is 10.0 Å². The Bertz CT molecular complexity index is 726. The van der Waals surface area contributed by atoms with Crippen LogP contribution in [0, 0.1) is 5.82 Å². The van der Waals surface area contributed by atoms with E-state index in [1.807, 2.05) is 0 Å². The molecular weight excluding hydrogens is 361 g/mol. The second-order valence-electron chi connectivity index (χ2n) is 3.38. The van der Waals surface area contributed by atoms with Crippen molar-refractivity contribution in [2.45, 2.75) is 4.90 Å². The van der Waals surface area contributed by atoms with E-state index >= 15 is 0 Å². The van der Waals surface area contributed by atoms with Crippen LogP contribution in [-0.4, -0.2) is 18.4 Å². The molecule has 19 heavy (non-hydrogen) atoms. The van der Waals surface area contributed by atoms with Crippen LogP contribution in [-0.2, 0) is 10.0 Å². The predicted octanol–water partition coefficient (Wildman–Crippen LogP) is 2.83. The molecule has 1 aromatic carbocycles. The number of halogens is 3. The molecule has 0 saturated carbocycles. The van der Waals surface area contributed by atoms with Gasteiger partial charge in [-0.25, -0.2) is 22.8 Å². The largest absolute Gasteiger partial charge is 0.264 e. The van der Waals surface area contributed by atoms with Crippen LogP contribution in [0.4, 0.5) is 10.2 Å². The van der Waals surface area contributed by atoms with Gasteiger partial charge in [0, 0.05) is 16.9 Å². The van der Waals surface area contributed by atoms with E-state index < -0.39 is 15.8 Å². The molecule has 0 saturated heterocycles. The molecule has 2 aromatic rings. The number of rotatable bonds is 3. The molecule has 0 atom stereocenters. The SMILES string of the molecule is O=S(=O)(Nc1nccnc1Cl)c1ccc(F)cc1Br. The monoisotopic (exact) mass is 365 g/mol. The lowest BCUT2D eigenvalue weighted by Gasteiger charge is -2.09. The molecule has 0 amide bonds. The van der Waals surface area contributed by atoms with Crippen molar-refractivity contribution in [1.29, 1.82) is 0 Å². The smallest absolute Gasteiger partial charge is 0.261 e. The summed E-state index contributed by atoms with van der Waals surface area (Å²) in [5, 5.41) is -0.0793. The quantitative estimate of drug-likeness (QED) is 0.906. The summed E-state index contributed by atoms with van der Waals surface area (Å²) in [6.07, 6.45) is 2.62. The average Bonchev–Trinajstić information content (AvgIpc) is 2.31. The Balaban J connectivity index is 2.41. The van der Waals surface area contributed by atoms with Crippen molar-refractivity contribution in [3.8, 4) is 0 Å². The molecule has 1 aromatic heterocycles. The van der Waals surface area contributed by atoms with Crippen LogP contribution in [0.1, 0.15) is 0 Å². The van der Waals surface area contributed by atoms with E-state index in [-0.39, 0.29) is 20.3 Å². The first kappa shape index (κ1) is 14.2. The summed E-state index contributed by atoms with van der Waals surface area (Å²) in [4.78, 5) is 7.33.